The molecule has 1 aliphatic carbocycles. The van der Waals surface area contributed by atoms with Crippen molar-refractivity contribution in [3.63, 3.8) is 0 Å². The van der Waals surface area contributed by atoms with E-state index in [1.54, 1.807) is 4.68 Å². The van der Waals surface area contributed by atoms with Gasteiger partial charge in [0.05, 0.1) is 6.04 Å². The number of carbonyl (C=O) groups excluding carboxylic acids is 1. The van der Waals surface area contributed by atoms with Gasteiger partial charge in [0.15, 0.2) is 12.0 Å². The third kappa shape index (κ3) is 1.99. The molecule has 108 valence electrons. The summed E-state index contributed by atoms with van der Waals surface area (Å²) in [5.74, 6) is 0.511. The summed E-state index contributed by atoms with van der Waals surface area (Å²) in [4.78, 5) is 16.2. The van der Waals surface area contributed by atoms with Gasteiger partial charge in [-0.25, -0.2) is 14.1 Å². The van der Waals surface area contributed by atoms with Crippen LogP contribution < -0.4 is 0 Å². The van der Waals surface area contributed by atoms with Crippen LogP contribution in [-0.4, -0.2) is 20.5 Å². The van der Waals surface area contributed by atoms with Gasteiger partial charge in [-0.3, -0.25) is 4.79 Å². The summed E-state index contributed by atoms with van der Waals surface area (Å²) in [6.45, 7) is 2.01. The molecule has 5 heteroatoms. The minimum atomic E-state index is -1.15. The quantitative estimate of drug-likeness (QED) is 0.814. The number of alkyl halides is 1. The van der Waals surface area contributed by atoms with Gasteiger partial charge >= 0.3 is 0 Å². The summed E-state index contributed by atoms with van der Waals surface area (Å²) in [5.41, 5.74) is 2.15. The smallest absolute Gasteiger partial charge is 0.217 e. The summed E-state index contributed by atoms with van der Waals surface area (Å²) in [6.07, 6.45) is 1.01. The standard InChI is InChI=1S/C16H16FN3O/c1-9-4-2-3-5-11(9)13-8-12(17)16-18-15(19-20(13)16)14(21)10-6-7-10/h2-5,10,12-13H,6-8H2,1H3/t12-,13-/m0/s1. The van der Waals surface area contributed by atoms with Crippen LogP contribution in [0, 0.1) is 12.8 Å². The molecule has 4 rings (SSSR count). The first kappa shape index (κ1) is 12.7. The van der Waals surface area contributed by atoms with Crippen molar-refractivity contribution in [3.05, 3.63) is 47.0 Å². The topological polar surface area (TPSA) is 47.8 Å². The summed E-state index contributed by atoms with van der Waals surface area (Å²) < 4.78 is 15.9. The van der Waals surface area contributed by atoms with Crippen LogP contribution in [-0.2, 0) is 0 Å². The van der Waals surface area contributed by atoms with Crippen LogP contribution in [0.25, 0.3) is 0 Å². The molecule has 1 fully saturated rings. The van der Waals surface area contributed by atoms with Crippen LogP contribution in [0.15, 0.2) is 24.3 Å². The number of fused-ring (bicyclic) bond motifs is 1. The molecule has 0 spiro atoms. The van der Waals surface area contributed by atoms with Crippen molar-refractivity contribution in [2.45, 2.75) is 38.4 Å². The molecule has 21 heavy (non-hydrogen) atoms. The molecule has 1 aromatic heterocycles. The van der Waals surface area contributed by atoms with E-state index < -0.39 is 6.17 Å². The van der Waals surface area contributed by atoms with Gasteiger partial charge in [-0.1, -0.05) is 24.3 Å². The minimum Gasteiger partial charge on any atom is -0.290 e. The van der Waals surface area contributed by atoms with Crippen molar-refractivity contribution in [3.8, 4) is 0 Å². The van der Waals surface area contributed by atoms with Crippen LogP contribution in [0.2, 0.25) is 0 Å². The van der Waals surface area contributed by atoms with E-state index in [9.17, 15) is 9.18 Å². The number of aryl methyl sites for hydroxylation is 1. The molecular formula is C16H16FN3O. The number of rotatable bonds is 3. The first-order valence-electron chi connectivity index (χ1n) is 7.35. The van der Waals surface area contributed by atoms with Gasteiger partial charge in [0, 0.05) is 12.3 Å². The highest BCUT2D eigenvalue weighted by Crippen LogP contribution is 2.41. The Kier molecular flexibility index (Phi) is 2.71. The molecule has 1 saturated carbocycles. The molecule has 0 N–H and O–H groups in total. The lowest BCUT2D eigenvalue weighted by atomic mass is 9.99. The Morgan fingerprint density at radius 3 is 2.81 bits per heavy atom. The van der Waals surface area contributed by atoms with Crippen molar-refractivity contribution in [1.29, 1.82) is 0 Å². The molecule has 0 radical (unpaired) electrons. The van der Waals surface area contributed by atoms with Crippen molar-refractivity contribution in [2.75, 3.05) is 0 Å². The average Bonchev–Trinajstić information content (AvgIpc) is 3.15. The van der Waals surface area contributed by atoms with E-state index in [1.807, 2.05) is 31.2 Å². The monoisotopic (exact) mass is 285 g/mol. The molecule has 0 amide bonds. The summed E-state index contributed by atoms with van der Waals surface area (Å²) in [6, 6.07) is 7.75. The Morgan fingerprint density at radius 2 is 2.10 bits per heavy atom. The van der Waals surface area contributed by atoms with E-state index >= 15 is 0 Å². The lowest BCUT2D eigenvalue weighted by Gasteiger charge is -2.14. The molecule has 2 aromatic rings. The maximum atomic E-state index is 14.2. The largest absolute Gasteiger partial charge is 0.290 e. The number of Topliss-reactive ketones (excluding diaryl/α,β-unsaturated/α-hetero) is 1. The molecule has 1 aliphatic heterocycles. The molecule has 0 bridgehead atoms. The van der Waals surface area contributed by atoms with Crippen molar-refractivity contribution in [2.24, 2.45) is 5.92 Å². The van der Waals surface area contributed by atoms with Crippen molar-refractivity contribution in [1.82, 2.24) is 14.8 Å². The Balaban J connectivity index is 1.75. The van der Waals surface area contributed by atoms with Gasteiger partial charge in [0.2, 0.25) is 11.6 Å². The maximum absolute atomic E-state index is 14.2. The van der Waals surface area contributed by atoms with E-state index in [0.717, 1.165) is 24.0 Å². The number of benzene rings is 1. The number of carbonyl (C=O) groups is 1. The van der Waals surface area contributed by atoms with Crippen LogP contribution in [0.5, 0.6) is 0 Å². The third-order valence-corrected chi connectivity index (χ3v) is 4.38. The molecular weight excluding hydrogens is 269 g/mol. The fraction of sp³-hybridized carbons (Fsp3) is 0.438. The Labute approximate surface area is 122 Å². The van der Waals surface area contributed by atoms with E-state index in [-0.39, 0.29) is 23.6 Å². The molecule has 4 nitrogen and oxygen atoms in total. The fourth-order valence-electron chi connectivity index (χ4n) is 3.03. The Bertz CT molecular complexity index is 720. The normalized spacial score (nSPS) is 24.1. The highest BCUT2D eigenvalue weighted by molar-refractivity contribution is 5.95. The van der Waals surface area contributed by atoms with Crippen LogP contribution in [0.4, 0.5) is 4.39 Å². The van der Waals surface area contributed by atoms with E-state index in [4.69, 9.17) is 0 Å². The second kappa shape index (κ2) is 4.48. The van der Waals surface area contributed by atoms with E-state index in [0.29, 0.717) is 12.2 Å². The number of halogens is 1. The zero-order chi connectivity index (χ0) is 14.6. The summed E-state index contributed by atoms with van der Waals surface area (Å²) in [5, 5.41) is 4.32. The van der Waals surface area contributed by atoms with Crippen LogP contribution >= 0.6 is 0 Å². The second-order valence-electron chi connectivity index (χ2n) is 5.95. The van der Waals surface area contributed by atoms with Gasteiger partial charge in [0.1, 0.15) is 0 Å². The number of aromatic nitrogens is 3. The number of nitrogens with zero attached hydrogens (tertiary/aromatic N) is 3. The zero-order valence-corrected chi connectivity index (χ0v) is 11.8. The first-order valence-corrected chi connectivity index (χ1v) is 7.35. The molecule has 2 aliphatic rings. The summed E-state index contributed by atoms with van der Waals surface area (Å²) >= 11 is 0. The molecule has 0 unspecified atom stereocenters. The van der Waals surface area contributed by atoms with Gasteiger partial charge in [-0.15, -0.1) is 5.10 Å². The maximum Gasteiger partial charge on any atom is 0.217 e. The predicted octanol–water partition coefficient (Wildman–Crippen LogP) is 3.18. The van der Waals surface area contributed by atoms with E-state index in [2.05, 4.69) is 10.1 Å². The highest BCUT2D eigenvalue weighted by atomic mass is 19.1. The molecule has 2 heterocycles. The van der Waals surface area contributed by atoms with Crippen LogP contribution in [0.1, 0.15) is 59.0 Å². The second-order valence-corrected chi connectivity index (χ2v) is 5.95. The number of hydrogen-bond donors (Lipinski definition) is 0. The van der Waals surface area contributed by atoms with Gasteiger partial charge in [-0.2, -0.15) is 0 Å². The SMILES string of the molecule is Cc1ccccc1[C@@H]1C[C@H](F)c2nc(C(=O)C3CC3)nn21. The van der Waals surface area contributed by atoms with E-state index in [1.165, 1.54) is 0 Å². The highest BCUT2D eigenvalue weighted by Gasteiger charge is 2.39. The fourth-order valence-corrected chi connectivity index (χ4v) is 3.03. The van der Waals surface area contributed by atoms with Crippen molar-refractivity contribution >= 4 is 5.78 Å². The molecule has 1 aromatic carbocycles. The summed E-state index contributed by atoms with van der Waals surface area (Å²) in [7, 11) is 0. The third-order valence-electron chi connectivity index (χ3n) is 4.38. The Morgan fingerprint density at radius 1 is 1.33 bits per heavy atom. The first-order chi connectivity index (χ1) is 10.1. The van der Waals surface area contributed by atoms with Gasteiger partial charge in [-0.05, 0) is 30.9 Å². The predicted molar refractivity (Wildman–Crippen MR) is 74.9 cm³/mol. The minimum absolute atomic E-state index is 0.0346. The van der Waals surface area contributed by atoms with Gasteiger partial charge in [0.25, 0.3) is 0 Å². The Hall–Kier alpha value is -2.04. The lowest BCUT2D eigenvalue weighted by Crippen LogP contribution is -2.11. The van der Waals surface area contributed by atoms with Crippen molar-refractivity contribution < 1.29 is 9.18 Å². The lowest BCUT2D eigenvalue weighted by molar-refractivity contribution is 0.0956. The number of hydrogen-bond acceptors (Lipinski definition) is 3. The average molecular weight is 285 g/mol. The zero-order valence-electron chi connectivity index (χ0n) is 11.8. The number of ketones is 1. The van der Waals surface area contributed by atoms with Crippen LogP contribution in [0.3, 0.4) is 0 Å². The van der Waals surface area contributed by atoms with Gasteiger partial charge < -0.3 is 0 Å². The molecule has 0 saturated heterocycles. The molecule has 2 atom stereocenters.